The van der Waals surface area contributed by atoms with E-state index in [1.54, 1.807) is 69.7 Å². The van der Waals surface area contributed by atoms with Crippen LogP contribution in [0.5, 0.6) is 17.2 Å². The number of para-hydroxylation sites is 1. The highest BCUT2D eigenvalue weighted by atomic mass is 35.5. The van der Waals surface area contributed by atoms with Crippen LogP contribution in [0.4, 0.5) is 0 Å². The van der Waals surface area contributed by atoms with Gasteiger partial charge in [-0.05, 0) is 67.4 Å². The van der Waals surface area contributed by atoms with Crippen molar-refractivity contribution in [2.24, 2.45) is 0 Å². The van der Waals surface area contributed by atoms with Crippen LogP contribution < -0.4 is 25.0 Å². The van der Waals surface area contributed by atoms with Crippen molar-refractivity contribution in [1.82, 2.24) is 5.32 Å². The number of benzene rings is 3. The summed E-state index contributed by atoms with van der Waals surface area (Å²) in [5.74, 6) is 1.11. The number of nitrogens with one attached hydrogen (secondary N) is 1. The zero-order chi connectivity index (χ0) is 25.7. The third kappa shape index (κ3) is 5.47. The summed E-state index contributed by atoms with van der Waals surface area (Å²) in [7, 11) is 3.15. The van der Waals surface area contributed by atoms with Crippen LogP contribution >= 0.6 is 11.6 Å². The van der Waals surface area contributed by atoms with Crippen molar-refractivity contribution in [2.45, 2.75) is 19.4 Å². The molecule has 0 saturated heterocycles. The molecule has 0 bridgehead atoms. The maximum Gasteiger partial charge on any atom is 0.260 e. The minimum absolute atomic E-state index is 0.0291. The Bertz CT molecular complexity index is 1430. The van der Waals surface area contributed by atoms with Gasteiger partial charge in [0.15, 0.2) is 23.4 Å². The predicted molar refractivity (Wildman–Crippen MR) is 139 cm³/mol. The van der Waals surface area contributed by atoms with Crippen molar-refractivity contribution in [1.29, 1.82) is 0 Å². The minimum Gasteiger partial charge on any atom is -0.493 e. The summed E-state index contributed by atoms with van der Waals surface area (Å²) in [6.45, 7) is 1.96. The highest BCUT2D eigenvalue weighted by Crippen LogP contribution is 2.32. The molecule has 3 aromatic carbocycles. The van der Waals surface area contributed by atoms with Gasteiger partial charge in [-0.1, -0.05) is 29.8 Å². The maximum atomic E-state index is 13.3. The fourth-order valence-electron chi connectivity index (χ4n) is 3.76. The molecule has 1 aromatic heterocycles. The zero-order valence-electron chi connectivity index (χ0n) is 20.2. The molecule has 4 rings (SSSR count). The summed E-state index contributed by atoms with van der Waals surface area (Å²) in [5, 5.41) is 3.77. The number of hydrogen-bond acceptors (Lipinski definition) is 6. The molecule has 1 atom stereocenters. The monoisotopic (exact) mass is 507 g/mol. The zero-order valence-corrected chi connectivity index (χ0v) is 20.9. The molecule has 0 radical (unpaired) electrons. The Kier molecular flexibility index (Phi) is 7.80. The second-order valence-electron chi connectivity index (χ2n) is 8.08. The van der Waals surface area contributed by atoms with Crippen molar-refractivity contribution in [3.8, 4) is 28.6 Å². The SMILES string of the molecule is COc1ccc(CCNC(=O)C(C)Oc2c(-c3ccc(Cl)cc3)oc3ccccc3c2=O)cc1OC. The van der Waals surface area contributed by atoms with Gasteiger partial charge >= 0.3 is 0 Å². The minimum atomic E-state index is -0.939. The summed E-state index contributed by atoms with van der Waals surface area (Å²) in [6.07, 6.45) is -0.363. The number of fused-ring (bicyclic) bond motifs is 1. The largest absolute Gasteiger partial charge is 0.493 e. The molecule has 0 aliphatic carbocycles. The Labute approximate surface area is 213 Å². The number of ether oxygens (including phenoxy) is 3. The van der Waals surface area contributed by atoms with E-state index in [1.165, 1.54) is 0 Å². The van der Waals surface area contributed by atoms with E-state index < -0.39 is 6.10 Å². The van der Waals surface area contributed by atoms with Crippen LogP contribution in [0.3, 0.4) is 0 Å². The van der Waals surface area contributed by atoms with Gasteiger partial charge in [-0.2, -0.15) is 0 Å². The second-order valence-corrected chi connectivity index (χ2v) is 8.52. The van der Waals surface area contributed by atoms with E-state index in [2.05, 4.69) is 5.32 Å². The molecule has 7 nitrogen and oxygen atoms in total. The van der Waals surface area contributed by atoms with E-state index in [0.717, 1.165) is 5.56 Å². The summed E-state index contributed by atoms with van der Waals surface area (Å²) in [5.41, 5.74) is 1.65. The lowest BCUT2D eigenvalue weighted by atomic mass is 10.1. The maximum absolute atomic E-state index is 13.3. The summed E-state index contributed by atoms with van der Waals surface area (Å²) >= 11 is 6.03. The first-order chi connectivity index (χ1) is 17.4. The molecule has 0 spiro atoms. The second kappa shape index (κ2) is 11.2. The Morgan fingerprint density at radius 2 is 1.72 bits per heavy atom. The molecular formula is C28H26ClNO6. The molecule has 0 aliphatic heterocycles. The average molecular weight is 508 g/mol. The standard InChI is InChI=1S/C28H26ClNO6/c1-17(28(32)30-15-14-18-8-13-23(33-2)24(16-18)34-3)35-27-25(31)21-6-4-5-7-22(21)36-26(27)19-9-11-20(29)12-10-19/h4-13,16-17H,14-15H2,1-3H3,(H,30,32). The topological polar surface area (TPSA) is 87.0 Å². The first kappa shape index (κ1) is 25.1. The third-order valence-electron chi connectivity index (χ3n) is 5.69. The smallest absolute Gasteiger partial charge is 0.260 e. The van der Waals surface area contributed by atoms with Gasteiger partial charge in [0, 0.05) is 17.1 Å². The lowest BCUT2D eigenvalue weighted by Crippen LogP contribution is -2.38. The fraction of sp³-hybridized carbons (Fsp3) is 0.214. The van der Waals surface area contributed by atoms with Crippen LogP contribution in [0.1, 0.15) is 12.5 Å². The normalized spacial score (nSPS) is 11.7. The van der Waals surface area contributed by atoms with Gasteiger partial charge in [-0.25, -0.2) is 0 Å². The highest BCUT2D eigenvalue weighted by Gasteiger charge is 2.23. The van der Waals surface area contributed by atoms with Crippen LogP contribution in [-0.4, -0.2) is 32.8 Å². The highest BCUT2D eigenvalue weighted by molar-refractivity contribution is 6.30. The van der Waals surface area contributed by atoms with Gasteiger partial charge in [-0.15, -0.1) is 0 Å². The van der Waals surface area contributed by atoms with E-state index in [9.17, 15) is 9.59 Å². The number of rotatable bonds is 9. The lowest BCUT2D eigenvalue weighted by Gasteiger charge is -2.17. The van der Waals surface area contributed by atoms with Crippen molar-refractivity contribution in [2.75, 3.05) is 20.8 Å². The van der Waals surface area contributed by atoms with Gasteiger partial charge in [0.05, 0.1) is 19.6 Å². The van der Waals surface area contributed by atoms with Crippen LogP contribution in [0.25, 0.3) is 22.3 Å². The van der Waals surface area contributed by atoms with E-state index in [-0.39, 0.29) is 22.8 Å². The fourth-order valence-corrected chi connectivity index (χ4v) is 3.89. The van der Waals surface area contributed by atoms with Gasteiger partial charge in [0.25, 0.3) is 5.91 Å². The van der Waals surface area contributed by atoms with Crippen molar-refractivity contribution in [3.63, 3.8) is 0 Å². The number of carbonyl (C=O) groups excluding carboxylic acids is 1. The molecule has 36 heavy (non-hydrogen) atoms. The van der Waals surface area contributed by atoms with E-state index in [4.69, 9.17) is 30.2 Å². The van der Waals surface area contributed by atoms with Gasteiger partial charge in [-0.3, -0.25) is 9.59 Å². The molecule has 1 unspecified atom stereocenters. The summed E-state index contributed by atoms with van der Waals surface area (Å²) < 4.78 is 22.5. The molecule has 1 amide bonds. The molecule has 1 heterocycles. The van der Waals surface area contributed by atoms with Crippen molar-refractivity contribution >= 4 is 28.5 Å². The molecule has 4 aromatic rings. The molecule has 0 fully saturated rings. The van der Waals surface area contributed by atoms with Crippen LogP contribution in [0.2, 0.25) is 5.02 Å². The molecule has 8 heteroatoms. The Balaban J connectivity index is 1.52. The average Bonchev–Trinajstić information content (AvgIpc) is 2.90. The molecular weight excluding hydrogens is 482 g/mol. The summed E-state index contributed by atoms with van der Waals surface area (Å²) in [6, 6.07) is 19.3. The molecule has 186 valence electrons. The quantitative estimate of drug-likeness (QED) is 0.332. The predicted octanol–water partition coefficient (Wildman–Crippen LogP) is 5.26. The Morgan fingerprint density at radius 1 is 1.00 bits per heavy atom. The van der Waals surface area contributed by atoms with Crippen LogP contribution in [0, 0.1) is 0 Å². The Hall–Kier alpha value is -3.97. The lowest BCUT2D eigenvalue weighted by molar-refractivity contribution is -0.127. The van der Waals surface area contributed by atoms with Crippen LogP contribution in [0.15, 0.2) is 75.9 Å². The number of methoxy groups -OCH3 is 2. The molecule has 0 saturated carbocycles. The van der Waals surface area contributed by atoms with E-state index in [0.29, 0.717) is 46.0 Å². The molecule has 1 N–H and O–H groups in total. The third-order valence-corrected chi connectivity index (χ3v) is 5.94. The first-order valence-corrected chi connectivity index (χ1v) is 11.8. The van der Waals surface area contributed by atoms with Gasteiger partial charge in [0.2, 0.25) is 11.2 Å². The van der Waals surface area contributed by atoms with Crippen molar-refractivity contribution < 1.29 is 23.4 Å². The van der Waals surface area contributed by atoms with E-state index >= 15 is 0 Å². The number of carbonyl (C=O) groups is 1. The van der Waals surface area contributed by atoms with Crippen LogP contribution in [-0.2, 0) is 11.2 Å². The number of hydrogen-bond donors (Lipinski definition) is 1. The van der Waals surface area contributed by atoms with Gasteiger partial charge in [0.1, 0.15) is 5.58 Å². The number of halogens is 1. The molecule has 0 aliphatic rings. The van der Waals surface area contributed by atoms with E-state index in [1.807, 2.05) is 18.2 Å². The summed E-state index contributed by atoms with van der Waals surface area (Å²) in [4.78, 5) is 26.1. The van der Waals surface area contributed by atoms with Gasteiger partial charge < -0.3 is 23.9 Å². The Morgan fingerprint density at radius 3 is 2.44 bits per heavy atom. The number of amides is 1. The first-order valence-electron chi connectivity index (χ1n) is 11.4. The van der Waals surface area contributed by atoms with Crippen molar-refractivity contribution in [3.05, 3.63) is 87.5 Å².